The van der Waals surface area contributed by atoms with Crippen molar-refractivity contribution in [1.29, 1.82) is 0 Å². The third kappa shape index (κ3) is 9.33. The Morgan fingerprint density at radius 1 is 0.925 bits per heavy atom. The van der Waals surface area contributed by atoms with Crippen LogP contribution in [0.3, 0.4) is 0 Å². The zero-order valence-corrected chi connectivity index (χ0v) is 29.8. The van der Waals surface area contributed by atoms with E-state index in [0.717, 1.165) is 17.5 Å². The second kappa shape index (κ2) is 16.2. The number of hydrogen-bond donors (Lipinski definition) is 4. The lowest BCUT2D eigenvalue weighted by atomic mass is 9.81. The minimum atomic E-state index is -5.09. The summed E-state index contributed by atoms with van der Waals surface area (Å²) in [5, 5.41) is 14.9. The lowest BCUT2D eigenvalue weighted by Crippen LogP contribution is -2.52. The highest BCUT2D eigenvalue weighted by Crippen LogP contribution is 2.45. The molecular weight excluding hydrogens is 744 g/mol. The molecule has 1 aromatic heterocycles. The molecule has 1 saturated carbocycles. The van der Waals surface area contributed by atoms with Crippen molar-refractivity contribution in [3.63, 3.8) is 0 Å². The molecule has 2 amide bonds. The number of alkyl carbamates (subject to hydrolysis) is 1. The third-order valence-electron chi connectivity index (χ3n) is 8.89. The highest BCUT2D eigenvalue weighted by Gasteiger charge is 2.49. The van der Waals surface area contributed by atoms with E-state index in [1.54, 1.807) is 60.7 Å². The Labute approximate surface area is 306 Å². The van der Waals surface area contributed by atoms with Gasteiger partial charge in [0.15, 0.2) is 6.04 Å². The molecule has 1 heterocycles. The van der Waals surface area contributed by atoms with E-state index >= 15 is 0 Å². The lowest BCUT2D eigenvalue weighted by Gasteiger charge is -2.39. The Morgan fingerprint density at radius 2 is 1.47 bits per heavy atom. The standard InChI is InChI=1S/C36H37F5N4O6S2/c1-51-34(48)43-31(30(23-8-4-2-5-9-23)24-10-6-3-7-11-24)33(47)44-32(36(39,40)41)29-17-16-28(52-29)27(21-46)45(20-22-18-35(37,38)19-22)53(49,50)26-14-12-25(42)13-15-26/h2-17,22,27,30-32,46H,18-21,42H2,1H3,(H,43,48)(H,44,47). The van der Waals surface area contributed by atoms with Crippen molar-refractivity contribution in [3.8, 4) is 0 Å². The summed E-state index contributed by atoms with van der Waals surface area (Å²) in [6.07, 6.45) is -7.37. The number of aliphatic hydroxyl groups is 1. The van der Waals surface area contributed by atoms with Gasteiger partial charge in [-0.2, -0.15) is 17.5 Å². The van der Waals surface area contributed by atoms with Crippen molar-refractivity contribution in [1.82, 2.24) is 14.9 Å². The van der Waals surface area contributed by atoms with Crippen molar-refractivity contribution in [3.05, 3.63) is 118 Å². The summed E-state index contributed by atoms with van der Waals surface area (Å²) < 4.78 is 105. The zero-order chi connectivity index (χ0) is 38.6. The number of anilines is 1. The molecule has 0 saturated heterocycles. The number of nitrogens with zero attached hydrogens (tertiary/aromatic N) is 1. The number of halogens is 5. The molecule has 3 atom stereocenters. The molecule has 0 bridgehead atoms. The van der Waals surface area contributed by atoms with Crippen molar-refractivity contribution in [2.45, 2.75) is 53.9 Å². The van der Waals surface area contributed by atoms with Crippen LogP contribution in [0.1, 0.15) is 51.7 Å². The molecule has 4 aromatic rings. The minimum Gasteiger partial charge on any atom is -0.453 e. The van der Waals surface area contributed by atoms with Crippen LogP contribution in [0.5, 0.6) is 0 Å². The molecule has 1 aliphatic rings. The summed E-state index contributed by atoms with van der Waals surface area (Å²) in [6.45, 7) is -1.34. The number of methoxy groups -OCH3 is 1. The molecule has 0 spiro atoms. The van der Waals surface area contributed by atoms with Gasteiger partial charge in [-0.15, -0.1) is 11.3 Å². The van der Waals surface area contributed by atoms with E-state index in [1.165, 1.54) is 30.3 Å². The molecule has 17 heteroatoms. The number of sulfonamides is 1. The summed E-state index contributed by atoms with van der Waals surface area (Å²) in [5.41, 5.74) is 6.98. The maximum absolute atomic E-state index is 14.8. The Kier molecular flexibility index (Phi) is 12.1. The van der Waals surface area contributed by atoms with Gasteiger partial charge in [-0.05, 0) is 53.4 Å². The third-order valence-corrected chi connectivity index (χ3v) is 12.0. The number of thiophene rings is 1. The number of rotatable bonds is 14. The van der Waals surface area contributed by atoms with E-state index in [-0.39, 0.29) is 15.5 Å². The Morgan fingerprint density at radius 3 is 1.96 bits per heavy atom. The maximum atomic E-state index is 14.8. The number of ether oxygens (including phenoxy) is 1. The van der Waals surface area contributed by atoms with Crippen LogP contribution < -0.4 is 16.4 Å². The SMILES string of the molecule is COC(=O)NC(C(=O)NC(c1ccc(C(CO)N(CC2CC(F)(F)C2)S(=O)(=O)c2ccc(N)cc2)s1)C(F)(F)F)C(c1ccccc1)c1ccccc1. The molecule has 0 radical (unpaired) electrons. The molecule has 3 aromatic carbocycles. The van der Waals surface area contributed by atoms with Crippen molar-refractivity contribution in [2.24, 2.45) is 5.92 Å². The maximum Gasteiger partial charge on any atom is 0.413 e. The van der Waals surface area contributed by atoms with Gasteiger partial charge in [-0.3, -0.25) is 4.79 Å². The lowest BCUT2D eigenvalue weighted by molar-refractivity contribution is -0.163. The van der Waals surface area contributed by atoms with Crippen LogP contribution in [-0.2, 0) is 19.6 Å². The van der Waals surface area contributed by atoms with E-state index in [1.807, 2.05) is 5.32 Å². The minimum absolute atomic E-state index is 0.0354. The number of nitrogens with two attached hydrogens (primary N) is 1. The summed E-state index contributed by atoms with van der Waals surface area (Å²) in [6, 6.07) is 18.3. The van der Waals surface area contributed by atoms with Gasteiger partial charge < -0.3 is 26.2 Å². The number of aliphatic hydroxyl groups excluding tert-OH is 1. The molecule has 3 unspecified atom stereocenters. The zero-order valence-electron chi connectivity index (χ0n) is 28.2. The molecule has 1 aliphatic carbocycles. The Balaban J connectivity index is 1.50. The molecule has 1 fully saturated rings. The summed E-state index contributed by atoms with van der Waals surface area (Å²) in [4.78, 5) is 25.7. The number of nitrogen functional groups attached to an aromatic ring is 1. The average Bonchev–Trinajstić information content (AvgIpc) is 3.59. The van der Waals surface area contributed by atoms with Crippen LogP contribution in [0.4, 0.5) is 32.4 Å². The smallest absolute Gasteiger partial charge is 0.413 e. The van der Waals surface area contributed by atoms with Crippen molar-refractivity contribution >= 4 is 39.0 Å². The largest absolute Gasteiger partial charge is 0.453 e. The van der Waals surface area contributed by atoms with Crippen LogP contribution in [0.25, 0.3) is 0 Å². The molecular formula is C36H37F5N4O6S2. The van der Waals surface area contributed by atoms with E-state index in [0.29, 0.717) is 22.5 Å². The number of benzene rings is 3. The van der Waals surface area contributed by atoms with Gasteiger partial charge in [-0.1, -0.05) is 60.7 Å². The number of carbonyl (C=O) groups excluding carboxylic acids is 2. The number of nitrogens with one attached hydrogen (secondary N) is 2. The predicted octanol–water partition coefficient (Wildman–Crippen LogP) is 6.38. The normalized spacial score (nSPS) is 16.4. The highest BCUT2D eigenvalue weighted by molar-refractivity contribution is 7.89. The average molecular weight is 781 g/mol. The first kappa shape index (κ1) is 39.6. The summed E-state index contributed by atoms with van der Waals surface area (Å²) in [5.74, 6) is -5.95. The van der Waals surface area contributed by atoms with Crippen molar-refractivity contribution in [2.75, 3.05) is 26.0 Å². The molecule has 284 valence electrons. The molecule has 0 aliphatic heterocycles. The molecule has 53 heavy (non-hydrogen) atoms. The first-order valence-corrected chi connectivity index (χ1v) is 18.6. The molecule has 5 N–H and O–H groups in total. The van der Waals surface area contributed by atoms with Crippen LogP contribution in [-0.4, -0.2) is 68.2 Å². The highest BCUT2D eigenvalue weighted by atomic mass is 32.2. The van der Waals surface area contributed by atoms with Crippen LogP contribution >= 0.6 is 11.3 Å². The fraction of sp³-hybridized carbons (Fsp3) is 0.333. The van der Waals surface area contributed by atoms with Crippen molar-refractivity contribution < 1.29 is 49.8 Å². The number of carbonyl (C=O) groups is 2. The summed E-state index contributed by atoms with van der Waals surface area (Å²) in [7, 11) is -3.45. The second-order valence-corrected chi connectivity index (χ2v) is 15.6. The Hall–Kier alpha value is -4.58. The number of hydrogen-bond acceptors (Lipinski definition) is 8. The van der Waals surface area contributed by atoms with Gasteiger partial charge in [0.1, 0.15) is 6.04 Å². The van der Waals surface area contributed by atoms with Gasteiger partial charge in [0, 0.05) is 40.7 Å². The van der Waals surface area contributed by atoms with Gasteiger partial charge in [0.2, 0.25) is 21.9 Å². The fourth-order valence-electron chi connectivity index (χ4n) is 6.29. The number of amides is 2. The first-order chi connectivity index (χ1) is 25.0. The van der Waals surface area contributed by atoms with E-state index in [2.05, 4.69) is 5.32 Å². The monoisotopic (exact) mass is 780 g/mol. The second-order valence-electron chi connectivity index (χ2n) is 12.6. The topological polar surface area (TPSA) is 151 Å². The van der Waals surface area contributed by atoms with Gasteiger partial charge in [0.05, 0.1) is 24.7 Å². The van der Waals surface area contributed by atoms with E-state index < -0.39 is 95.0 Å². The fourth-order valence-corrected chi connectivity index (χ4v) is 9.23. The van der Waals surface area contributed by atoms with Crippen LogP contribution in [0.15, 0.2) is 102 Å². The van der Waals surface area contributed by atoms with Gasteiger partial charge in [-0.25, -0.2) is 22.0 Å². The van der Waals surface area contributed by atoms with Gasteiger partial charge in [0.25, 0.3) is 0 Å². The summed E-state index contributed by atoms with van der Waals surface area (Å²) >= 11 is 0.487. The van der Waals surface area contributed by atoms with Gasteiger partial charge >= 0.3 is 12.3 Å². The molecule has 5 rings (SSSR count). The Bertz CT molecular complexity index is 1920. The first-order valence-electron chi connectivity index (χ1n) is 16.3. The predicted molar refractivity (Wildman–Crippen MR) is 188 cm³/mol. The van der Waals surface area contributed by atoms with E-state index in [9.17, 15) is 45.1 Å². The van der Waals surface area contributed by atoms with E-state index in [4.69, 9.17) is 10.5 Å². The number of alkyl halides is 5. The molecule has 10 nitrogen and oxygen atoms in total. The van der Waals surface area contributed by atoms with Crippen LogP contribution in [0.2, 0.25) is 0 Å². The van der Waals surface area contributed by atoms with Crippen LogP contribution in [0, 0.1) is 5.92 Å². The quantitative estimate of drug-likeness (QED) is 0.0858.